The lowest BCUT2D eigenvalue weighted by Crippen LogP contribution is -2.37. The van der Waals surface area contributed by atoms with E-state index in [0.29, 0.717) is 0 Å². The summed E-state index contributed by atoms with van der Waals surface area (Å²) in [4.78, 5) is 15.8. The van der Waals surface area contributed by atoms with Gasteiger partial charge in [-0.25, -0.2) is 4.98 Å². The van der Waals surface area contributed by atoms with E-state index in [1.807, 2.05) is 31.5 Å². The number of morpholine rings is 1. The smallest absolute Gasteiger partial charge is 0.126 e. The minimum absolute atomic E-state index is 0.737. The van der Waals surface area contributed by atoms with Crippen molar-refractivity contribution in [3.05, 3.63) is 36.2 Å². The summed E-state index contributed by atoms with van der Waals surface area (Å²) < 4.78 is 5.35. The average Bonchev–Trinajstić information content (AvgIpc) is 2.68. The largest absolute Gasteiger partial charge is 0.404 e. The lowest BCUT2D eigenvalue weighted by molar-refractivity contribution is 0.0395. The molecule has 7 heteroatoms. The molecule has 0 atom stereocenters. The van der Waals surface area contributed by atoms with Gasteiger partial charge in [-0.2, -0.15) is 0 Å². The standard InChI is InChI=1S/C18H24N6O/c1-20-18-3-2-16-17(23-18)10-14(13-22-16)15(11-19)12-21-4-5-24-6-8-25-9-7-24/h2-3,10-13H,4-9,19H2,1H3,(H,20,23). The number of nitrogens with one attached hydrogen (secondary N) is 1. The first kappa shape index (κ1) is 17.3. The Labute approximate surface area is 147 Å². The molecule has 1 aliphatic rings. The van der Waals surface area contributed by atoms with Crippen LogP contribution in [0.25, 0.3) is 16.6 Å². The first-order chi connectivity index (χ1) is 12.3. The summed E-state index contributed by atoms with van der Waals surface area (Å²) in [7, 11) is 1.85. The Morgan fingerprint density at radius 3 is 2.96 bits per heavy atom. The Bertz CT molecular complexity index is 767. The molecular weight excluding hydrogens is 316 g/mol. The van der Waals surface area contributed by atoms with Gasteiger partial charge in [-0.3, -0.25) is 14.9 Å². The van der Waals surface area contributed by atoms with Crippen LogP contribution in [0.3, 0.4) is 0 Å². The van der Waals surface area contributed by atoms with E-state index in [4.69, 9.17) is 10.5 Å². The predicted molar refractivity (Wildman–Crippen MR) is 102 cm³/mol. The van der Waals surface area contributed by atoms with Gasteiger partial charge in [-0.05, 0) is 18.2 Å². The highest BCUT2D eigenvalue weighted by molar-refractivity contribution is 6.10. The predicted octanol–water partition coefficient (Wildman–Crippen LogP) is 1.37. The summed E-state index contributed by atoms with van der Waals surface area (Å²) in [5, 5.41) is 3.04. The number of nitrogens with two attached hydrogens (primary N) is 1. The molecule has 3 rings (SSSR count). The van der Waals surface area contributed by atoms with Crippen LogP contribution in [0, 0.1) is 0 Å². The van der Waals surface area contributed by atoms with E-state index in [9.17, 15) is 0 Å². The molecule has 0 aromatic carbocycles. The van der Waals surface area contributed by atoms with Crippen molar-refractivity contribution < 1.29 is 4.74 Å². The second kappa shape index (κ2) is 8.55. The van der Waals surface area contributed by atoms with Gasteiger partial charge < -0.3 is 15.8 Å². The van der Waals surface area contributed by atoms with Gasteiger partial charge in [0.1, 0.15) is 5.82 Å². The summed E-state index contributed by atoms with van der Waals surface area (Å²) in [5.74, 6) is 0.809. The molecule has 132 valence electrons. The molecule has 0 radical (unpaired) electrons. The van der Waals surface area contributed by atoms with Crippen molar-refractivity contribution >= 4 is 28.6 Å². The average molecular weight is 340 g/mol. The number of aromatic nitrogens is 2. The van der Waals surface area contributed by atoms with E-state index in [2.05, 4.69) is 25.2 Å². The van der Waals surface area contributed by atoms with Crippen molar-refractivity contribution in [1.29, 1.82) is 0 Å². The van der Waals surface area contributed by atoms with Gasteiger partial charge >= 0.3 is 0 Å². The number of rotatable bonds is 6. The highest BCUT2D eigenvalue weighted by Crippen LogP contribution is 2.18. The third-order valence-electron chi connectivity index (χ3n) is 4.19. The third-order valence-corrected chi connectivity index (χ3v) is 4.19. The molecule has 0 amide bonds. The van der Waals surface area contributed by atoms with E-state index >= 15 is 0 Å². The molecule has 7 nitrogen and oxygen atoms in total. The van der Waals surface area contributed by atoms with Gasteiger partial charge in [-0.15, -0.1) is 0 Å². The number of hydrogen-bond acceptors (Lipinski definition) is 7. The van der Waals surface area contributed by atoms with Crippen LogP contribution >= 0.6 is 0 Å². The van der Waals surface area contributed by atoms with Crippen LogP contribution in [-0.2, 0) is 4.74 Å². The number of pyridine rings is 2. The first-order valence-electron chi connectivity index (χ1n) is 8.47. The van der Waals surface area contributed by atoms with Crippen LogP contribution in [0.15, 0.2) is 35.6 Å². The number of ether oxygens (including phenoxy) is 1. The summed E-state index contributed by atoms with van der Waals surface area (Å²) in [6.07, 6.45) is 5.17. The molecule has 0 unspecified atom stereocenters. The van der Waals surface area contributed by atoms with Gasteiger partial charge in [-0.1, -0.05) is 0 Å². The van der Waals surface area contributed by atoms with Gasteiger partial charge in [0.15, 0.2) is 0 Å². The minimum Gasteiger partial charge on any atom is -0.404 e. The van der Waals surface area contributed by atoms with Crippen LogP contribution < -0.4 is 11.1 Å². The van der Waals surface area contributed by atoms with Gasteiger partial charge in [0.25, 0.3) is 0 Å². The van der Waals surface area contributed by atoms with Gasteiger partial charge in [0, 0.05) is 56.4 Å². The SMILES string of the molecule is CNc1ccc2ncc(C(C=NCCN3CCOCC3)=CN)cc2n1. The van der Waals surface area contributed by atoms with Crippen molar-refractivity contribution in [1.82, 2.24) is 14.9 Å². The zero-order valence-electron chi connectivity index (χ0n) is 14.5. The summed E-state index contributed by atoms with van der Waals surface area (Å²) in [5.41, 5.74) is 9.21. The van der Waals surface area contributed by atoms with E-state index in [0.717, 1.165) is 67.4 Å². The molecule has 3 N–H and O–H groups in total. The maximum Gasteiger partial charge on any atom is 0.126 e. The molecule has 2 aromatic heterocycles. The molecule has 0 aliphatic carbocycles. The Kier molecular flexibility index (Phi) is 5.92. The quantitative estimate of drug-likeness (QED) is 0.772. The maximum absolute atomic E-state index is 5.79. The first-order valence-corrected chi connectivity index (χ1v) is 8.47. The van der Waals surface area contributed by atoms with Crippen molar-refractivity contribution in [2.75, 3.05) is 51.8 Å². The summed E-state index contributed by atoms with van der Waals surface area (Å²) in [6, 6.07) is 5.83. The number of nitrogens with zero attached hydrogens (tertiary/aromatic N) is 4. The van der Waals surface area contributed by atoms with Crippen LogP contribution in [0.2, 0.25) is 0 Å². The van der Waals surface area contributed by atoms with E-state index in [1.165, 1.54) is 0 Å². The second-order valence-corrected chi connectivity index (χ2v) is 5.82. The highest BCUT2D eigenvalue weighted by Gasteiger charge is 2.09. The second-order valence-electron chi connectivity index (χ2n) is 5.82. The Morgan fingerprint density at radius 2 is 2.20 bits per heavy atom. The van der Waals surface area contributed by atoms with Gasteiger partial charge in [0.05, 0.1) is 30.8 Å². The lowest BCUT2D eigenvalue weighted by atomic mass is 10.1. The van der Waals surface area contributed by atoms with Crippen molar-refractivity contribution in [2.45, 2.75) is 0 Å². The molecule has 0 spiro atoms. The molecule has 3 heterocycles. The van der Waals surface area contributed by atoms with E-state index < -0.39 is 0 Å². The topological polar surface area (TPSA) is 88.7 Å². The third kappa shape index (κ3) is 4.52. The van der Waals surface area contributed by atoms with Crippen LogP contribution in [0.1, 0.15) is 5.56 Å². The van der Waals surface area contributed by atoms with Crippen molar-refractivity contribution in [3.63, 3.8) is 0 Å². The highest BCUT2D eigenvalue weighted by atomic mass is 16.5. The van der Waals surface area contributed by atoms with Crippen molar-refractivity contribution in [2.24, 2.45) is 10.7 Å². The normalized spacial score (nSPS) is 16.6. The number of hydrogen-bond donors (Lipinski definition) is 2. The molecule has 1 saturated heterocycles. The number of anilines is 1. The molecule has 1 aliphatic heterocycles. The maximum atomic E-state index is 5.79. The van der Waals surface area contributed by atoms with Crippen LogP contribution in [0.4, 0.5) is 5.82 Å². The van der Waals surface area contributed by atoms with Crippen LogP contribution in [-0.4, -0.2) is 67.5 Å². The lowest BCUT2D eigenvalue weighted by Gasteiger charge is -2.25. The molecule has 0 bridgehead atoms. The molecule has 2 aromatic rings. The monoisotopic (exact) mass is 340 g/mol. The van der Waals surface area contributed by atoms with Crippen molar-refractivity contribution in [3.8, 4) is 0 Å². The number of fused-ring (bicyclic) bond motifs is 1. The Hall–Kier alpha value is -2.51. The fourth-order valence-electron chi connectivity index (χ4n) is 2.70. The van der Waals surface area contributed by atoms with Gasteiger partial charge in [0.2, 0.25) is 0 Å². The molecular formula is C18H24N6O. The zero-order chi connectivity index (χ0) is 17.5. The molecule has 25 heavy (non-hydrogen) atoms. The summed E-state index contributed by atoms with van der Waals surface area (Å²) in [6.45, 7) is 5.23. The fraction of sp³-hybridized carbons (Fsp3) is 0.389. The minimum atomic E-state index is 0.737. The fourth-order valence-corrected chi connectivity index (χ4v) is 2.70. The Balaban J connectivity index is 1.67. The van der Waals surface area contributed by atoms with Crippen LogP contribution in [0.5, 0.6) is 0 Å². The zero-order valence-corrected chi connectivity index (χ0v) is 14.5. The van der Waals surface area contributed by atoms with E-state index in [-0.39, 0.29) is 0 Å². The Morgan fingerprint density at radius 1 is 1.36 bits per heavy atom. The molecule has 1 fully saturated rings. The number of aliphatic imine (C=N–C) groups is 1. The van der Waals surface area contributed by atoms with E-state index in [1.54, 1.807) is 12.4 Å². The molecule has 0 saturated carbocycles. The summed E-state index contributed by atoms with van der Waals surface area (Å²) >= 11 is 0. The number of allylic oxidation sites excluding steroid dienone is 1.